The molecule has 0 bridgehead atoms. The van der Waals surface area contributed by atoms with Gasteiger partial charge in [0, 0.05) is 6.20 Å². The number of hydrogen-bond donors (Lipinski definition) is 2. The lowest BCUT2D eigenvalue weighted by atomic mass is 10.2. The molecule has 0 spiro atoms. The lowest BCUT2D eigenvalue weighted by Gasteiger charge is -2.07. The smallest absolute Gasteiger partial charge is 0.455 e. The lowest BCUT2D eigenvalue weighted by Crippen LogP contribution is -2.14. The third-order valence-electron chi connectivity index (χ3n) is 3.27. The largest absolute Gasteiger partial charge is 0.477 e. The summed E-state index contributed by atoms with van der Waals surface area (Å²) >= 11 is 5.98. The summed E-state index contributed by atoms with van der Waals surface area (Å²) in [6, 6.07) is 4.03. The summed E-state index contributed by atoms with van der Waals surface area (Å²) in [5.74, 6) is -2.83. The van der Waals surface area contributed by atoms with Crippen molar-refractivity contribution in [3.8, 4) is 5.82 Å². The van der Waals surface area contributed by atoms with Gasteiger partial charge < -0.3 is 10.2 Å². The number of aromatic carboxylic acids is 1. The van der Waals surface area contributed by atoms with Crippen molar-refractivity contribution in [1.29, 1.82) is 0 Å². The molecular weight excluding hydrogens is 395 g/mol. The maximum atomic E-state index is 12.5. The summed E-state index contributed by atoms with van der Waals surface area (Å²) < 4.78 is 38.4. The first-order valence-corrected chi connectivity index (χ1v) is 7.52. The number of pyridine rings is 1. The van der Waals surface area contributed by atoms with E-state index < -0.39 is 30.6 Å². The number of carboxylic acid groups (broad SMARTS) is 1. The van der Waals surface area contributed by atoms with Crippen LogP contribution in [0.2, 0.25) is 5.02 Å². The van der Waals surface area contributed by atoms with Gasteiger partial charge in [-0.1, -0.05) is 11.6 Å². The quantitative estimate of drug-likeness (QED) is 0.652. The number of carbonyl (C=O) groups is 1. The van der Waals surface area contributed by atoms with Crippen LogP contribution in [-0.4, -0.2) is 51.2 Å². The number of rotatable bonds is 5. The summed E-state index contributed by atoms with van der Waals surface area (Å²) in [5, 5.41) is 32.7. The summed E-state index contributed by atoms with van der Waals surface area (Å²) in [7, 11) is 0. The molecule has 0 aliphatic heterocycles. The average molecular weight is 404 g/mol. The maximum Gasteiger partial charge on any atom is 0.455 e. The van der Waals surface area contributed by atoms with Gasteiger partial charge in [-0.05, 0) is 23.4 Å². The highest BCUT2D eigenvalue weighted by molar-refractivity contribution is 6.32. The maximum absolute atomic E-state index is 12.5. The van der Waals surface area contributed by atoms with Crippen LogP contribution >= 0.6 is 11.6 Å². The standard InChI is InChI=1S/C13H9ClF3N7O3/c14-6-2-1-3-18-10(6)24-8(11(26)27)4-7(20-24)9(25)5-23-21-12(19-22-23)13(15,16)17/h1-4,9,25H,5H2,(H,26,27). The number of tetrazole rings is 1. The van der Waals surface area contributed by atoms with E-state index in [0.717, 1.165) is 10.7 Å². The third kappa shape index (κ3) is 3.88. The van der Waals surface area contributed by atoms with E-state index in [1.54, 1.807) is 0 Å². The number of nitrogens with zero attached hydrogens (tertiary/aromatic N) is 7. The van der Waals surface area contributed by atoms with E-state index in [-0.39, 0.29) is 22.2 Å². The van der Waals surface area contributed by atoms with E-state index in [0.29, 0.717) is 4.80 Å². The zero-order chi connectivity index (χ0) is 19.8. The van der Waals surface area contributed by atoms with Gasteiger partial charge in [0.05, 0.1) is 17.3 Å². The van der Waals surface area contributed by atoms with Crippen molar-refractivity contribution in [2.45, 2.75) is 18.8 Å². The minimum Gasteiger partial charge on any atom is -0.477 e. The van der Waals surface area contributed by atoms with Crippen molar-refractivity contribution in [1.82, 2.24) is 35.0 Å². The van der Waals surface area contributed by atoms with Gasteiger partial charge in [-0.3, -0.25) is 0 Å². The number of aliphatic hydroxyl groups is 1. The molecule has 0 aromatic carbocycles. The van der Waals surface area contributed by atoms with Crippen LogP contribution in [0, 0.1) is 0 Å². The average Bonchev–Trinajstić information content (AvgIpc) is 3.22. The van der Waals surface area contributed by atoms with Crippen LogP contribution in [0.4, 0.5) is 13.2 Å². The first-order chi connectivity index (χ1) is 12.7. The van der Waals surface area contributed by atoms with Crippen molar-refractivity contribution in [3.05, 3.63) is 46.6 Å². The zero-order valence-electron chi connectivity index (χ0n) is 13.0. The van der Waals surface area contributed by atoms with Crippen LogP contribution in [0.5, 0.6) is 0 Å². The highest BCUT2D eigenvalue weighted by Gasteiger charge is 2.37. The van der Waals surface area contributed by atoms with E-state index in [9.17, 15) is 28.2 Å². The molecule has 0 saturated heterocycles. The molecule has 142 valence electrons. The first-order valence-electron chi connectivity index (χ1n) is 7.14. The van der Waals surface area contributed by atoms with Crippen LogP contribution in [0.25, 0.3) is 5.82 Å². The molecule has 0 saturated carbocycles. The zero-order valence-corrected chi connectivity index (χ0v) is 13.8. The molecular formula is C13H9ClF3N7O3. The molecule has 0 aliphatic rings. The van der Waals surface area contributed by atoms with Crippen LogP contribution in [0.3, 0.4) is 0 Å². The predicted octanol–water partition coefficient (Wildman–Crippen LogP) is 1.36. The molecule has 27 heavy (non-hydrogen) atoms. The molecule has 3 aromatic heterocycles. The fourth-order valence-corrected chi connectivity index (χ4v) is 2.29. The van der Waals surface area contributed by atoms with Crippen molar-refractivity contribution in [2.24, 2.45) is 0 Å². The lowest BCUT2D eigenvalue weighted by molar-refractivity contribution is -0.145. The van der Waals surface area contributed by atoms with Crippen LogP contribution in [0.1, 0.15) is 28.1 Å². The fraction of sp³-hybridized carbons (Fsp3) is 0.231. The summed E-state index contributed by atoms with van der Waals surface area (Å²) in [6.07, 6.45) is -4.93. The molecule has 14 heteroatoms. The SMILES string of the molecule is O=C(O)c1cc(C(O)Cn2nnc(C(F)(F)F)n2)nn1-c1ncccc1Cl. The van der Waals surface area contributed by atoms with E-state index >= 15 is 0 Å². The van der Waals surface area contributed by atoms with Crippen molar-refractivity contribution >= 4 is 17.6 Å². The monoisotopic (exact) mass is 403 g/mol. The minimum absolute atomic E-state index is 0.00764. The highest BCUT2D eigenvalue weighted by atomic mass is 35.5. The Hall–Kier alpha value is -3.06. The predicted molar refractivity (Wildman–Crippen MR) is 81.1 cm³/mol. The fourth-order valence-electron chi connectivity index (χ4n) is 2.09. The Labute approximate surface area is 152 Å². The molecule has 3 rings (SSSR count). The molecule has 2 N–H and O–H groups in total. The van der Waals surface area contributed by atoms with Crippen molar-refractivity contribution in [2.75, 3.05) is 0 Å². The number of carboxylic acids is 1. The summed E-state index contributed by atoms with van der Waals surface area (Å²) in [5.41, 5.74) is -0.507. The highest BCUT2D eigenvalue weighted by Crippen LogP contribution is 2.25. The molecule has 1 unspecified atom stereocenters. The number of hydrogen-bond acceptors (Lipinski definition) is 7. The summed E-state index contributed by atoms with van der Waals surface area (Å²) in [6.45, 7) is -0.533. The molecule has 10 nitrogen and oxygen atoms in total. The number of halogens is 4. The second-order valence-electron chi connectivity index (χ2n) is 5.16. The second kappa shape index (κ2) is 6.92. The number of aromatic nitrogens is 7. The van der Waals surface area contributed by atoms with Gasteiger partial charge in [0.2, 0.25) is 0 Å². The van der Waals surface area contributed by atoms with Gasteiger partial charge in [0.15, 0.2) is 11.5 Å². The van der Waals surface area contributed by atoms with Crippen molar-refractivity contribution in [3.63, 3.8) is 0 Å². The Balaban J connectivity index is 1.91. The Bertz CT molecular complexity index is 988. The Kier molecular flexibility index (Phi) is 4.80. The topological polar surface area (TPSA) is 132 Å². The van der Waals surface area contributed by atoms with Gasteiger partial charge in [-0.25, -0.2) is 14.5 Å². The van der Waals surface area contributed by atoms with Crippen LogP contribution in [0.15, 0.2) is 24.4 Å². The van der Waals surface area contributed by atoms with Gasteiger partial charge in [-0.15, -0.1) is 10.2 Å². The van der Waals surface area contributed by atoms with Crippen molar-refractivity contribution < 1.29 is 28.2 Å². The van der Waals surface area contributed by atoms with E-state index in [4.69, 9.17) is 11.6 Å². The Morgan fingerprint density at radius 1 is 1.33 bits per heavy atom. The van der Waals surface area contributed by atoms with E-state index in [1.165, 1.54) is 18.3 Å². The first kappa shape index (κ1) is 18.7. The van der Waals surface area contributed by atoms with E-state index in [2.05, 4.69) is 25.5 Å². The molecule has 0 amide bonds. The Morgan fingerprint density at radius 2 is 2.07 bits per heavy atom. The third-order valence-corrected chi connectivity index (χ3v) is 3.57. The van der Waals surface area contributed by atoms with Gasteiger partial charge >= 0.3 is 12.1 Å². The van der Waals surface area contributed by atoms with Gasteiger partial charge in [-0.2, -0.15) is 23.1 Å². The summed E-state index contributed by atoms with van der Waals surface area (Å²) in [4.78, 5) is 15.9. The van der Waals surface area contributed by atoms with Gasteiger partial charge in [0.1, 0.15) is 6.10 Å². The Morgan fingerprint density at radius 3 is 2.67 bits per heavy atom. The molecule has 0 radical (unpaired) electrons. The minimum atomic E-state index is -4.78. The molecule has 0 fully saturated rings. The molecule has 3 aromatic rings. The molecule has 3 heterocycles. The van der Waals surface area contributed by atoms with Crippen LogP contribution < -0.4 is 0 Å². The second-order valence-corrected chi connectivity index (χ2v) is 5.57. The number of alkyl halides is 3. The van der Waals surface area contributed by atoms with E-state index in [1.807, 2.05) is 0 Å². The van der Waals surface area contributed by atoms with Gasteiger partial charge in [0.25, 0.3) is 5.82 Å². The van der Waals surface area contributed by atoms with Crippen LogP contribution in [-0.2, 0) is 12.7 Å². The number of aliphatic hydroxyl groups excluding tert-OH is 1. The molecule has 1 atom stereocenters. The normalized spacial score (nSPS) is 12.9. The molecule has 0 aliphatic carbocycles.